The Balaban J connectivity index is 2.28. The number of hydrogen-bond donors (Lipinski definition) is 1. The molecular weight excluding hydrogens is 308 g/mol. The van der Waals surface area contributed by atoms with Gasteiger partial charge in [0, 0.05) is 19.2 Å². The fourth-order valence-electron chi connectivity index (χ4n) is 2.23. The van der Waals surface area contributed by atoms with E-state index < -0.39 is 5.97 Å². The number of amides is 1. The molecule has 126 valence electrons. The molecule has 0 radical (unpaired) electrons. The van der Waals surface area contributed by atoms with Crippen LogP contribution in [0.1, 0.15) is 34.7 Å². The molecule has 0 saturated heterocycles. The van der Waals surface area contributed by atoms with Gasteiger partial charge >= 0.3 is 5.97 Å². The molecule has 0 unspecified atom stereocenters. The average molecular weight is 328 g/mol. The van der Waals surface area contributed by atoms with Gasteiger partial charge in [-0.2, -0.15) is 0 Å². The molecule has 1 amide bonds. The summed E-state index contributed by atoms with van der Waals surface area (Å²) >= 11 is 0. The van der Waals surface area contributed by atoms with Crippen molar-refractivity contribution in [2.75, 3.05) is 25.5 Å². The molecule has 0 aliphatic rings. The average Bonchev–Trinajstić information content (AvgIpc) is 2.62. The number of nitrogens with one attached hydrogen (secondary N) is 1. The number of ether oxygens (including phenoxy) is 1. The molecule has 0 aliphatic heterocycles. The number of carbonyl (C=O) groups is 2. The summed E-state index contributed by atoms with van der Waals surface area (Å²) in [6.45, 7) is 5.03. The van der Waals surface area contributed by atoms with Crippen molar-refractivity contribution in [1.82, 2.24) is 14.9 Å². The van der Waals surface area contributed by atoms with E-state index in [1.54, 1.807) is 35.2 Å². The van der Waals surface area contributed by atoms with Gasteiger partial charge in [-0.1, -0.05) is 12.1 Å². The molecule has 7 nitrogen and oxygen atoms in total. The van der Waals surface area contributed by atoms with Gasteiger partial charge in [-0.3, -0.25) is 4.79 Å². The maximum absolute atomic E-state index is 12.4. The molecule has 0 fully saturated rings. The number of anilines is 2. The molecule has 7 heteroatoms. The van der Waals surface area contributed by atoms with Crippen LogP contribution in [0.2, 0.25) is 0 Å². The summed E-state index contributed by atoms with van der Waals surface area (Å²) in [6, 6.07) is 8.48. The van der Waals surface area contributed by atoms with E-state index in [1.165, 1.54) is 13.4 Å². The second-order valence-electron chi connectivity index (χ2n) is 4.93. The lowest BCUT2D eigenvalue weighted by Crippen LogP contribution is -2.31. The summed E-state index contributed by atoms with van der Waals surface area (Å²) in [6.07, 6.45) is 1.32. The minimum absolute atomic E-state index is 0.160. The first-order valence-corrected chi connectivity index (χ1v) is 7.66. The molecule has 2 rings (SSSR count). The maximum Gasteiger partial charge on any atom is 0.339 e. The van der Waals surface area contributed by atoms with E-state index in [-0.39, 0.29) is 5.91 Å². The standard InChI is InChI=1S/C17H20N4O3/c1-4-21(5-2)16(22)14-10-15(19-11-18-14)20-13-9-7-6-8-12(13)17(23)24-3/h6-11H,4-5H2,1-3H3,(H,18,19,20). The summed E-state index contributed by atoms with van der Waals surface area (Å²) < 4.78 is 4.76. The quantitative estimate of drug-likeness (QED) is 0.820. The predicted molar refractivity (Wildman–Crippen MR) is 90.3 cm³/mol. The van der Waals surface area contributed by atoms with Crippen LogP contribution in [0.4, 0.5) is 11.5 Å². The smallest absolute Gasteiger partial charge is 0.339 e. The maximum atomic E-state index is 12.4. The van der Waals surface area contributed by atoms with Crippen molar-refractivity contribution >= 4 is 23.4 Å². The van der Waals surface area contributed by atoms with Crippen LogP contribution in [-0.2, 0) is 4.74 Å². The van der Waals surface area contributed by atoms with Gasteiger partial charge in [0.25, 0.3) is 5.91 Å². The van der Waals surface area contributed by atoms with Crippen molar-refractivity contribution in [2.45, 2.75) is 13.8 Å². The zero-order valence-electron chi connectivity index (χ0n) is 13.9. The highest BCUT2D eigenvalue weighted by Crippen LogP contribution is 2.20. The third kappa shape index (κ3) is 3.87. The van der Waals surface area contributed by atoms with Gasteiger partial charge in [-0.15, -0.1) is 0 Å². The SMILES string of the molecule is CCN(CC)C(=O)c1cc(Nc2ccccc2C(=O)OC)ncn1. The Bertz CT molecular complexity index is 729. The number of esters is 1. The van der Waals surface area contributed by atoms with Gasteiger partial charge in [0.05, 0.1) is 18.4 Å². The van der Waals surface area contributed by atoms with Crippen LogP contribution < -0.4 is 5.32 Å². The van der Waals surface area contributed by atoms with Gasteiger partial charge < -0.3 is 15.0 Å². The van der Waals surface area contributed by atoms with Crippen LogP contribution in [-0.4, -0.2) is 46.9 Å². The molecule has 0 spiro atoms. The first-order valence-electron chi connectivity index (χ1n) is 7.66. The topological polar surface area (TPSA) is 84.4 Å². The van der Waals surface area contributed by atoms with E-state index in [9.17, 15) is 9.59 Å². The number of para-hydroxylation sites is 1. The molecule has 1 heterocycles. The highest BCUT2D eigenvalue weighted by Gasteiger charge is 2.16. The van der Waals surface area contributed by atoms with Crippen molar-refractivity contribution in [3.63, 3.8) is 0 Å². The van der Waals surface area contributed by atoms with Gasteiger partial charge in [-0.25, -0.2) is 14.8 Å². The first-order chi connectivity index (χ1) is 11.6. The largest absolute Gasteiger partial charge is 0.465 e. The lowest BCUT2D eigenvalue weighted by atomic mass is 10.2. The molecule has 1 aromatic carbocycles. The van der Waals surface area contributed by atoms with E-state index in [1.807, 2.05) is 13.8 Å². The Hall–Kier alpha value is -2.96. The Morgan fingerprint density at radius 1 is 1.17 bits per heavy atom. The monoisotopic (exact) mass is 328 g/mol. The van der Waals surface area contributed by atoms with Crippen molar-refractivity contribution in [3.8, 4) is 0 Å². The van der Waals surface area contributed by atoms with Gasteiger partial charge in [-0.05, 0) is 26.0 Å². The van der Waals surface area contributed by atoms with Gasteiger partial charge in [0.2, 0.25) is 0 Å². The van der Waals surface area contributed by atoms with E-state index >= 15 is 0 Å². The summed E-state index contributed by atoms with van der Waals surface area (Å²) in [5.74, 6) is -0.185. The van der Waals surface area contributed by atoms with Crippen molar-refractivity contribution < 1.29 is 14.3 Å². The molecule has 0 aliphatic carbocycles. The van der Waals surface area contributed by atoms with Crippen LogP contribution >= 0.6 is 0 Å². The number of benzene rings is 1. The lowest BCUT2D eigenvalue weighted by Gasteiger charge is -2.18. The third-order valence-electron chi connectivity index (χ3n) is 3.53. The van der Waals surface area contributed by atoms with E-state index in [0.717, 1.165) is 0 Å². The Morgan fingerprint density at radius 2 is 1.88 bits per heavy atom. The minimum Gasteiger partial charge on any atom is -0.465 e. The normalized spacial score (nSPS) is 10.1. The molecule has 1 N–H and O–H groups in total. The number of hydrogen-bond acceptors (Lipinski definition) is 6. The van der Waals surface area contributed by atoms with E-state index in [4.69, 9.17) is 4.74 Å². The number of rotatable bonds is 6. The second-order valence-corrected chi connectivity index (χ2v) is 4.93. The molecule has 0 bridgehead atoms. The Kier molecular flexibility index (Phi) is 5.83. The van der Waals surface area contributed by atoms with Crippen molar-refractivity contribution in [1.29, 1.82) is 0 Å². The predicted octanol–water partition coefficient (Wildman–Crippen LogP) is 2.49. The number of carbonyl (C=O) groups excluding carboxylic acids is 2. The summed E-state index contributed by atoms with van der Waals surface area (Å²) in [5, 5.41) is 3.04. The Morgan fingerprint density at radius 3 is 2.54 bits per heavy atom. The fraction of sp³-hybridized carbons (Fsp3) is 0.294. The van der Waals surface area contributed by atoms with Crippen LogP contribution in [0.15, 0.2) is 36.7 Å². The molecule has 1 aromatic heterocycles. The number of nitrogens with zero attached hydrogens (tertiary/aromatic N) is 3. The molecule has 24 heavy (non-hydrogen) atoms. The van der Waals surface area contributed by atoms with Crippen LogP contribution in [0.5, 0.6) is 0 Å². The van der Waals surface area contributed by atoms with Gasteiger partial charge in [0.15, 0.2) is 0 Å². The molecule has 0 saturated carbocycles. The molecular formula is C17H20N4O3. The summed E-state index contributed by atoms with van der Waals surface area (Å²) in [7, 11) is 1.32. The van der Waals surface area contributed by atoms with Crippen LogP contribution in [0.25, 0.3) is 0 Å². The van der Waals surface area contributed by atoms with E-state index in [0.29, 0.717) is 35.9 Å². The summed E-state index contributed by atoms with van der Waals surface area (Å²) in [5.41, 5.74) is 1.23. The van der Waals surface area contributed by atoms with Gasteiger partial charge in [0.1, 0.15) is 17.8 Å². The highest BCUT2D eigenvalue weighted by molar-refractivity contribution is 5.97. The third-order valence-corrected chi connectivity index (χ3v) is 3.53. The summed E-state index contributed by atoms with van der Waals surface area (Å²) in [4.78, 5) is 34.0. The first kappa shape index (κ1) is 17.4. The van der Waals surface area contributed by atoms with Crippen LogP contribution in [0, 0.1) is 0 Å². The molecule has 2 aromatic rings. The highest BCUT2D eigenvalue weighted by atomic mass is 16.5. The number of aromatic nitrogens is 2. The zero-order chi connectivity index (χ0) is 17.5. The van der Waals surface area contributed by atoms with Crippen LogP contribution in [0.3, 0.4) is 0 Å². The Labute approximate surface area is 140 Å². The minimum atomic E-state index is -0.452. The van der Waals surface area contributed by atoms with Crippen molar-refractivity contribution in [3.05, 3.63) is 47.9 Å². The fourth-order valence-corrected chi connectivity index (χ4v) is 2.23. The molecule has 0 atom stereocenters. The van der Waals surface area contributed by atoms with E-state index in [2.05, 4.69) is 15.3 Å². The lowest BCUT2D eigenvalue weighted by molar-refractivity contribution is 0.0601. The number of methoxy groups -OCH3 is 1. The zero-order valence-corrected chi connectivity index (χ0v) is 13.9. The van der Waals surface area contributed by atoms with Crippen molar-refractivity contribution in [2.24, 2.45) is 0 Å². The second kappa shape index (κ2) is 8.05.